The minimum absolute atomic E-state index is 0.107. The van der Waals surface area contributed by atoms with Crippen molar-refractivity contribution in [2.45, 2.75) is 238 Å². The first-order valence-electron chi connectivity index (χ1n) is 20.6. The van der Waals surface area contributed by atoms with Gasteiger partial charge in [-0.25, -0.2) is 0 Å². The Bertz CT molecular complexity index is 622. The molecular weight excluding hydrogens is 572 g/mol. The van der Waals surface area contributed by atoms with Crippen LogP contribution in [0, 0.1) is 0 Å². The Morgan fingerprint density at radius 3 is 0.783 bits per heavy atom. The van der Waals surface area contributed by atoms with Crippen molar-refractivity contribution in [2.75, 3.05) is 13.2 Å². The van der Waals surface area contributed by atoms with E-state index in [-0.39, 0.29) is 25.2 Å². The minimum Gasteiger partial charge on any atom is -0.463 e. The maximum Gasteiger partial charge on any atom is 0.305 e. The number of aliphatic hydroxyl groups is 1. The summed E-state index contributed by atoms with van der Waals surface area (Å²) in [6, 6.07) is 0. The number of hydrogen-bond donors (Lipinski definition) is 1. The van der Waals surface area contributed by atoms with Crippen LogP contribution in [0.2, 0.25) is 0 Å². The van der Waals surface area contributed by atoms with Crippen molar-refractivity contribution < 1.29 is 24.2 Å². The van der Waals surface area contributed by atoms with Gasteiger partial charge in [0, 0.05) is 12.8 Å². The molecule has 0 amide bonds. The van der Waals surface area contributed by atoms with E-state index in [1.807, 2.05) is 0 Å². The second-order valence-corrected chi connectivity index (χ2v) is 14.1. The molecule has 5 heteroatoms. The summed E-state index contributed by atoms with van der Waals surface area (Å²) in [7, 11) is 0. The van der Waals surface area contributed by atoms with Crippen LogP contribution in [0.25, 0.3) is 0 Å². The van der Waals surface area contributed by atoms with E-state index in [0.717, 1.165) is 25.7 Å². The largest absolute Gasteiger partial charge is 0.463 e. The third-order valence-corrected chi connectivity index (χ3v) is 9.34. The number of ether oxygens (including phenoxy) is 2. The zero-order valence-corrected chi connectivity index (χ0v) is 31.1. The summed E-state index contributed by atoms with van der Waals surface area (Å²) >= 11 is 0. The zero-order valence-electron chi connectivity index (χ0n) is 31.1. The number of rotatable bonds is 38. The Hall–Kier alpha value is -1.10. The highest BCUT2D eigenvalue weighted by Gasteiger charge is 2.12. The zero-order chi connectivity index (χ0) is 33.6. The lowest BCUT2D eigenvalue weighted by molar-refractivity contribution is -0.152. The molecule has 0 saturated heterocycles. The molecule has 1 N–H and O–H groups in total. The number of esters is 2. The first-order valence-corrected chi connectivity index (χ1v) is 20.6. The Labute approximate surface area is 287 Å². The lowest BCUT2D eigenvalue weighted by Crippen LogP contribution is -2.25. The van der Waals surface area contributed by atoms with Gasteiger partial charge in [0.25, 0.3) is 0 Å². The highest BCUT2D eigenvalue weighted by molar-refractivity contribution is 5.69. The number of carbonyl (C=O) groups excluding carboxylic acids is 2. The lowest BCUT2D eigenvalue weighted by Gasteiger charge is -2.12. The average molecular weight is 653 g/mol. The molecule has 1 atom stereocenters. The summed E-state index contributed by atoms with van der Waals surface area (Å²) in [5.41, 5.74) is 0. The van der Waals surface area contributed by atoms with Gasteiger partial charge in [-0.1, -0.05) is 206 Å². The molecule has 0 spiro atoms. The quantitative estimate of drug-likeness (QED) is 0.0531. The predicted octanol–water partition coefficient (Wildman–Crippen LogP) is 12.7. The first-order chi connectivity index (χ1) is 22.6. The molecule has 0 aromatic heterocycles. The van der Waals surface area contributed by atoms with Crippen LogP contribution in [0.15, 0.2) is 0 Å². The summed E-state index contributed by atoms with van der Waals surface area (Å²) in [5.74, 6) is -0.551. The van der Waals surface area contributed by atoms with Gasteiger partial charge < -0.3 is 14.6 Å². The van der Waals surface area contributed by atoms with E-state index >= 15 is 0 Å². The van der Waals surface area contributed by atoms with Gasteiger partial charge in [-0.2, -0.15) is 0 Å². The lowest BCUT2D eigenvalue weighted by atomic mass is 10.0. The van der Waals surface area contributed by atoms with Crippen LogP contribution in [0.5, 0.6) is 0 Å². The molecule has 5 nitrogen and oxygen atoms in total. The summed E-state index contributed by atoms with van der Waals surface area (Å²) < 4.78 is 10.3. The van der Waals surface area contributed by atoms with E-state index in [1.165, 1.54) is 180 Å². The molecule has 0 bridgehead atoms. The van der Waals surface area contributed by atoms with Gasteiger partial charge in [0.1, 0.15) is 19.3 Å². The number of hydrogen-bond acceptors (Lipinski definition) is 5. The van der Waals surface area contributed by atoms with Gasteiger partial charge >= 0.3 is 11.9 Å². The second kappa shape index (κ2) is 38.3. The van der Waals surface area contributed by atoms with Crippen molar-refractivity contribution in [2.24, 2.45) is 0 Å². The molecule has 274 valence electrons. The van der Waals surface area contributed by atoms with Crippen LogP contribution in [-0.2, 0) is 19.1 Å². The van der Waals surface area contributed by atoms with Gasteiger partial charge in [0.05, 0.1) is 0 Å². The maximum absolute atomic E-state index is 12.0. The molecule has 46 heavy (non-hydrogen) atoms. The summed E-state index contributed by atoms with van der Waals surface area (Å²) in [5, 5.41) is 10.00. The molecule has 0 aliphatic carbocycles. The van der Waals surface area contributed by atoms with Crippen molar-refractivity contribution in [3.63, 3.8) is 0 Å². The van der Waals surface area contributed by atoms with Crippen LogP contribution in [0.1, 0.15) is 232 Å². The van der Waals surface area contributed by atoms with Crippen LogP contribution >= 0.6 is 0 Å². The van der Waals surface area contributed by atoms with Crippen LogP contribution in [0.3, 0.4) is 0 Å². The Morgan fingerprint density at radius 1 is 0.370 bits per heavy atom. The van der Waals surface area contributed by atoms with Gasteiger partial charge in [-0.3, -0.25) is 9.59 Å². The monoisotopic (exact) mass is 653 g/mol. The molecule has 0 aliphatic heterocycles. The minimum atomic E-state index is -0.954. The van der Waals surface area contributed by atoms with E-state index in [0.29, 0.717) is 12.8 Å². The fourth-order valence-corrected chi connectivity index (χ4v) is 6.21. The van der Waals surface area contributed by atoms with Crippen molar-refractivity contribution >= 4 is 11.9 Å². The van der Waals surface area contributed by atoms with Crippen molar-refractivity contribution in [3.05, 3.63) is 0 Å². The summed E-state index contributed by atoms with van der Waals surface area (Å²) in [6.45, 7) is 4.32. The third kappa shape index (κ3) is 37.4. The van der Waals surface area contributed by atoms with Crippen molar-refractivity contribution in [3.8, 4) is 0 Å². The Balaban J connectivity index is 3.34. The summed E-state index contributed by atoms with van der Waals surface area (Å²) in [6.07, 6.45) is 41.7. The highest BCUT2D eigenvalue weighted by Crippen LogP contribution is 2.16. The number of carbonyl (C=O) groups is 2. The molecule has 0 aromatic carbocycles. The highest BCUT2D eigenvalue weighted by atomic mass is 16.6. The van der Waals surface area contributed by atoms with Gasteiger partial charge in [0.2, 0.25) is 0 Å². The maximum atomic E-state index is 12.0. The van der Waals surface area contributed by atoms with Crippen LogP contribution in [0.4, 0.5) is 0 Å². The molecule has 0 rings (SSSR count). The SMILES string of the molecule is CCCCCCCCCCCCCCCCCCCCCCCC(=O)OC[C@H](O)COC(=O)CCCCCCCCCCCCC. The van der Waals surface area contributed by atoms with Crippen LogP contribution in [-0.4, -0.2) is 36.4 Å². The molecule has 0 aliphatic rings. The summed E-state index contributed by atoms with van der Waals surface area (Å²) in [4.78, 5) is 23.9. The fourth-order valence-electron chi connectivity index (χ4n) is 6.21. The van der Waals surface area contributed by atoms with Gasteiger partial charge in [-0.15, -0.1) is 0 Å². The molecular formula is C41H80O5. The van der Waals surface area contributed by atoms with E-state index in [4.69, 9.17) is 9.47 Å². The first kappa shape index (κ1) is 44.9. The fraction of sp³-hybridized carbons (Fsp3) is 0.951. The molecule has 0 unspecified atom stereocenters. The molecule has 0 aromatic rings. The van der Waals surface area contributed by atoms with Gasteiger partial charge in [0.15, 0.2) is 0 Å². The second-order valence-electron chi connectivity index (χ2n) is 14.1. The Morgan fingerprint density at radius 2 is 0.565 bits per heavy atom. The predicted molar refractivity (Wildman–Crippen MR) is 196 cm³/mol. The molecule has 0 saturated carbocycles. The van der Waals surface area contributed by atoms with E-state index in [2.05, 4.69) is 13.8 Å². The standard InChI is InChI=1S/C41H80O5/c1-3-5-7-9-11-13-15-16-17-18-19-20-21-22-23-24-26-28-30-32-34-36-41(44)46-38-39(42)37-45-40(43)35-33-31-29-27-25-14-12-10-8-6-4-2/h39,42H,3-38H2,1-2H3/t39-/m1/s1. The third-order valence-electron chi connectivity index (χ3n) is 9.34. The topological polar surface area (TPSA) is 72.8 Å². The molecule has 0 radical (unpaired) electrons. The number of unbranched alkanes of at least 4 members (excludes halogenated alkanes) is 30. The smallest absolute Gasteiger partial charge is 0.305 e. The van der Waals surface area contributed by atoms with E-state index < -0.39 is 6.10 Å². The average Bonchev–Trinajstić information content (AvgIpc) is 3.06. The molecule has 0 fully saturated rings. The van der Waals surface area contributed by atoms with Gasteiger partial charge in [-0.05, 0) is 12.8 Å². The van der Waals surface area contributed by atoms with Crippen molar-refractivity contribution in [1.82, 2.24) is 0 Å². The normalized spacial score (nSPS) is 12.0. The van der Waals surface area contributed by atoms with E-state index in [1.54, 1.807) is 0 Å². The Kier molecular flexibility index (Phi) is 37.4. The van der Waals surface area contributed by atoms with Crippen molar-refractivity contribution in [1.29, 1.82) is 0 Å². The molecule has 0 heterocycles. The van der Waals surface area contributed by atoms with Crippen LogP contribution < -0.4 is 0 Å². The van der Waals surface area contributed by atoms with E-state index in [9.17, 15) is 14.7 Å². The number of aliphatic hydroxyl groups excluding tert-OH is 1.